The number of halogens is 2. The molecule has 0 aliphatic carbocycles. The number of carboxylic acid groups (broad SMARTS) is 1. The third kappa shape index (κ3) is 3.20. The number of benzene rings is 1. The van der Waals surface area contributed by atoms with Gasteiger partial charge in [0.1, 0.15) is 5.75 Å². The van der Waals surface area contributed by atoms with Crippen molar-refractivity contribution in [1.29, 1.82) is 0 Å². The largest absolute Gasteiger partial charge is 0.494 e. The minimum absolute atomic E-state index is 0.385. The van der Waals surface area contributed by atoms with Crippen molar-refractivity contribution in [2.75, 3.05) is 7.11 Å². The molecule has 0 aliphatic rings. The number of methoxy groups -OCH3 is 1. The lowest BCUT2D eigenvalue weighted by Crippen LogP contribution is -2.65. The molecule has 0 fully saturated rings. The molecule has 0 saturated carbocycles. The lowest BCUT2D eigenvalue weighted by molar-refractivity contribution is -0.407. The van der Waals surface area contributed by atoms with E-state index in [4.69, 9.17) is 9.84 Å². The first-order chi connectivity index (χ1) is 7.45. The van der Waals surface area contributed by atoms with Gasteiger partial charge in [-0.2, -0.15) is 0 Å². The summed E-state index contributed by atoms with van der Waals surface area (Å²) in [7, 11) is 1.58. The van der Waals surface area contributed by atoms with Crippen molar-refractivity contribution in [3.63, 3.8) is 0 Å². The Morgan fingerprint density at radius 1 is 1.50 bits per heavy atom. The van der Waals surface area contributed by atoms with E-state index in [1.807, 2.05) is 12.1 Å². The Bertz CT molecular complexity index is 386. The van der Waals surface area contributed by atoms with Gasteiger partial charge < -0.3 is 15.6 Å². The van der Waals surface area contributed by atoms with E-state index in [1.165, 1.54) is 0 Å². The highest BCUT2D eigenvalue weighted by Crippen LogP contribution is 2.34. The molecule has 6 heteroatoms. The first-order valence-corrected chi connectivity index (χ1v) is 6.12. The van der Waals surface area contributed by atoms with Crippen LogP contribution in [0.15, 0.2) is 21.1 Å². The molecule has 0 heterocycles. The Morgan fingerprint density at radius 3 is 2.38 bits per heavy atom. The van der Waals surface area contributed by atoms with Crippen molar-refractivity contribution in [3.8, 4) is 5.75 Å². The summed E-state index contributed by atoms with van der Waals surface area (Å²) < 4.78 is 6.74. The number of aliphatic carboxylic acids is 1. The molecule has 0 amide bonds. The highest BCUT2D eigenvalue weighted by molar-refractivity contribution is 9.11. The molecule has 0 bridgehead atoms. The minimum Gasteiger partial charge on any atom is -0.494 e. The van der Waals surface area contributed by atoms with Gasteiger partial charge in [-0.05, 0) is 49.6 Å². The summed E-state index contributed by atoms with van der Waals surface area (Å²) in [6, 6.07) is 3.03. The topological polar surface area (TPSA) is 74.2 Å². The maximum atomic E-state index is 10.7. The van der Waals surface area contributed by atoms with Crippen LogP contribution >= 0.6 is 31.9 Å². The number of hydrogen-bond acceptors (Lipinski definition) is 2. The van der Waals surface area contributed by atoms with E-state index in [1.54, 1.807) is 7.11 Å². The van der Waals surface area contributed by atoms with Crippen LogP contribution in [0.1, 0.15) is 5.56 Å². The molecular formula is C10H12Br2NO3+. The zero-order valence-corrected chi connectivity index (χ0v) is 11.8. The summed E-state index contributed by atoms with van der Waals surface area (Å²) in [6.07, 6.45) is 0.385. The highest BCUT2D eigenvalue weighted by atomic mass is 79.9. The van der Waals surface area contributed by atoms with E-state index < -0.39 is 12.0 Å². The Labute approximate surface area is 110 Å². The molecule has 0 spiro atoms. The van der Waals surface area contributed by atoms with E-state index in [9.17, 15) is 4.79 Å². The van der Waals surface area contributed by atoms with E-state index >= 15 is 0 Å². The van der Waals surface area contributed by atoms with Crippen LogP contribution in [-0.2, 0) is 11.2 Å². The van der Waals surface area contributed by atoms with Crippen LogP contribution in [0.3, 0.4) is 0 Å². The van der Waals surface area contributed by atoms with E-state index in [0.717, 1.165) is 14.5 Å². The number of carbonyl (C=O) groups is 1. The van der Waals surface area contributed by atoms with Gasteiger partial charge in [-0.25, -0.2) is 4.79 Å². The van der Waals surface area contributed by atoms with Crippen LogP contribution < -0.4 is 10.5 Å². The van der Waals surface area contributed by atoms with Crippen LogP contribution in [0.5, 0.6) is 5.75 Å². The Hall–Kier alpha value is -0.590. The molecule has 1 rings (SSSR count). The van der Waals surface area contributed by atoms with Gasteiger partial charge >= 0.3 is 5.97 Å². The molecule has 4 nitrogen and oxygen atoms in total. The van der Waals surface area contributed by atoms with Gasteiger partial charge in [0.15, 0.2) is 6.04 Å². The predicted octanol–water partition coefficient (Wildman–Crippen LogP) is 1.46. The SMILES string of the molecule is COc1c(Br)cc(C[C@@H]([NH3+])C(=O)O)cc1Br. The molecule has 0 aliphatic heterocycles. The third-order valence-corrected chi connectivity index (χ3v) is 3.27. The number of quaternary nitrogens is 1. The second kappa shape index (κ2) is 5.65. The zero-order valence-electron chi connectivity index (χ0n) is 8.67. The maximum absolute atomic E-state index is 10.7. The first-order valence-electron chi connectivity index (χ1n) is 4.53. The predicted molar refractivity (Wildman–Crippen MR) is 66.4 cm³/mol. The maximum Gasteiger partial charge on any atom is 0.362 e. The molecule has 1 aromatic rings. The normalized spacial score (nSPS) is 12.2. The summed E-state index contributed by atoms with van der Waals surface area (Å²) in [6.45, 7) is 0. The standard InChI is InChI=1S/C10H11Br2NO3/c1-16-9-6(11)2-5(3-7(9)12)4-8(13)10(14)15/h2-3,8H,4,13H2,1H3,(H,14,15)/p+1/t8-/m1/s1. The fourth-order valence-corrected chi connectivity index (χ4v) is 2.90. The second-order valence-electron chi connectivity index (χ2n) is 3.33. The van der Waals surface area contributed by atoms with Crippen LogP contribution in [-0.4, -0.2) is 24.2 Å². The van der Waals surface area contributed by atoms with Gasteiger partial charge in [0.25, 0.3) is 0 Å². The summed E-state index contributed by atoms with van der Waals surface area (Å²) in [4.78, 5) is 10.7. The molecule has 16 heavy (non-hydrogen) atoms. The van der Waals surface area contributed by atoms with E-state index in [2.05, 4.69) is 37.6 Å². The van der Waals surface area contributed by atoms with Gasteiger partial charge in [-0.1, -0.05) is 0 Å². The van der Waals surface area contributed by atoms with Crippen molar-refractivity contribution in [3.05, 3.63) is 26.6 Å². The van der Waals surface area contributed by atoms with Gasteiger partial charge in [-0.3, -0.25) is 0 Å². The number of rotatable bonds is 4. The molecule has 1 atom stereocenters. The van der Waals surface area contributed by atoms with Crippen LogP contribution in [0.25, 0.3) is 0 Å². The van der Waals surface area contributed by atoms with Crippen molar-refractivity contribution >= 4 is 37.8 Å². The monoisotopic (exact) mass is 352 g/mol. The summed E-state index contributed by atoms with van der Waals surface area (Å²) in [5.41, 5.74) is 4.46. The zero-order chi connectivity index (χ0) is 12.3. The fourth-order valence-electron chi connectivity index (χ4n) is 1.30. The Morgan fingerprint density at radius 2 is 2.00 bits per heavy atom. The van der Waals surface area contributed by atoms with Crippen LogP contribution in [0.2, 0.25) is 0 Å². The van der Waals surface area contributed by atoms with Crippen LogP contribution in [0, 0.1) is 0 Å². The lowest BCUT2D eigenvalue weighted by atomic mass is 10.1. The van der Waals surface area contributed by atoms with Crippen LogP contribution in [0.4, 0.5) is 0 Å². The van der Waals surface area contributed by atoms with Gasteiger partial charge in [-0.15, -0.1) is 0 Å². The Balaban J connectivity index is 2.96. The average molecular weight is 354 g/mol. The van der Waals surface area contributed by atoms with E-state index in [-0.39, 0.29) is 0 Å². The summed E-state index contributed by atoms with van der Waals surface area (Å²) >= 11 is 6.72. The van der Waals surface area contributed by atoms with Crippen molar-refractivity contribution < 1.29 is 20.4 Å². The average Bonchev–Trinajstić information content (AvgIpc) is 2.16. The fraction of sp³-hybridized carbons (Fsp3) is 0.300. The quantitative estimate of drug-likeness (QED) is 0.860. The molecule has 0 unspecified atom stereocenters. The summed E-state index contributed by atoms with van der Waals surface area (Å²) in [5, 5.41) is 8.77. The molecule has 88 valence electrons. The summed E-state index contributed by atoms with van der Waals surface area (Å²) in [5.74, 6) is -0.206. The van der Waals surface area contributed by atoms with Gasteiger partial charge in [0.05, 0.1) is 16.1 Å². The van der Waals surface area contributed by atoms with Crippen molar-refractivity contribution in [2.45, 2.75) is 12.5 Å². The second-order valence-corrected chi connectivity index (χ2v) is 5.04. The number of ether oxygens (including phenoxy) is 1. The molecule has 0 aromatic heterocycles. The number of hydrogen-bond donors (Lipinski definition) is 2. The third-order valence-electron chi connectivity index (χ3n) is 2.09. The molecule has 0 saturated heterocycles. The lowest BCUT2D eigenvalue weighted by Gasteiger charge is -2.09. The number of carboxylic acids is 1. The minimum atomic E-state index is -0.900. The van der Waals surface area contributed by atoms with Gasteiger partial charge in [0, 0.05) is 6.42 Å². The molecule has 1 aromatic carbocycles. The highest BCUT2D eigenvalue weighted by Gasteiger charge is 2.17. The molecular weight excluding hydrogens is 342 g/mol. The Kier molecular flexibility index (Phi) is 4.76. The van der Waals surface area contributed by atoms with Gasteiger partial charge in [0.2, 0.25) is 0 Å². The molecule has 4 N–H and O–H groups in total. The molecule has 0 radical (unpaired) electrons. The smallest absolute Gasteiger partial charge is 0.362 e. The van der Waals surface area contributed by atoms with E-state index in [0.29, 0.717) is 12.2 Å². The van der Waals surface area contributed by atoms with Crippen molar-refractivity contribution in [2.24, 2.45) is 0 Å². The van der Waals surface area contributed by atoms with Crippen molar-refractivity contribution in [1.82, 2.24) is 0 Å². The first kappa shape index (κ1) is 13.5.